The minimum absolute atomic E-state index is 0.137. The number of hydrogen-bond donors (Lipinski definition) is 1. The van der Waals surface area contributed by atoms with Gasteiger partial charge in [-0.25, -0.2) is 0 Å². The molecule has 1 N–H and O–H groups in total. The second-order valence-corrected chi connectivity index (χ2v) is 5.63. The van der Waals surface area contributed by atoms with E-state index in [1.807, 2.05) is 24.0 Å². The van der Waals surface area contributed by atoms with Gasteiger partial charge >= 0.3 is 0 Å². The van der Waals surface area contributed by atoms with E-state index in [9.17, 15) is 9.59 Å². The summed E-state index contributed by atoms with van der Waals surface area (Å²) in [6, 6.07) is 7.26. The number of amides is 2. The summed E-state index contributed by atoms with van der Waals surface area (Å²) >= 11 is 0. The van der Waals surface area contributed by atoms with Crippen LogP contribution >= 0.6 is 0 Å². The first-order valence-electron chi connectivity index (χ1n) is 7.68. The van der Waals surface area contributed by atoms with Crippen molar-refractivity contribution in [2.75, 3.05) is 19.6 Å². The van der Waals surface area contributed by atoms with Crippen molar-refractivity contribution < 1.29 is 9.59 Å². The van der Waals surface area contributed by atoms with Crippen molar-refractivity contribution in [3.05, 3.63) is 42.5 Å². The van der Waals surface area contributed by atoms with Crippen LogP contribution in [0.4, 0.5) is 0 Å². The molecule has 2 heterocycles. The quantitative estimate of drug-likeness (QED) is 0.888. The first-order chi connectivity index (χ1) is 11.2. The third-order valence-corrected chi connectivity index (χ3v) is 4.05. The normalized spacial score (nSPS) is 17.5. The Morgan fingerprint density at radius 2 is 2.13 bits per heavy atom. The number of rotatable bonds is 5. The Bertz CT molecular complexity index is 698. The molecule has 3 rings (SSSR count). The Kier molecular flexibility index (Phi) is 4.36. The number of carbonyl (C=O) groups excluding carboxylic acids is 2. The molecule has 0 spiro atoms. The highest BCUT2D eigenvalue weighted by Crippen LogP contribution is 2.16. The minimum atomic E-state index is -0.137. The summed E-state index contributed by atoms with van der Waals surface area (Å²) in [4.78, 5) is 25.8. The van der Waals surface area contributed by atoms with Gasteiger partial charge in [0.15, 0.2) is 0 Å². The zero-order valence-electron chi connectivity index (χ0n) is 13.0. The lowest BCUT2D eigenvalue weighted by molar-refractivity contribution is -0.127. The molecule has 2 amide bonds. The number of benzene rings is 1. The molecule has 1 atom stereocenters. The van der Waals surface area contributed by atoms with Gasteiger partial charge < -0.3 is 10.2 Å². The molecule has 0 aliphatic carbocycles. The third-order valence-electron chi connectivity index (χ3n) is 4.05. The molecule has 1 aromatic heterocycles. The average molecular weight is 313 g/mol. The van der Waals surface area contributed by atoms with Crippen LogP contribution in [0.3, 0.4) is 0 Å². The van der Waals surface area contributed by atoms with E-state index in [1.165, 1.54) is 0 Å². The summed E-state index contributed by atoms with van der Waals surface area (Å²) in [5, 5.41) is 10.4. The maximum absolute atomic E-state index is 12.3. The van der Waals surface area contributed by atoms with E-state index in [-0.39, 0.29) is 17.7 Å². The van der Waals surface area contributed by atoms with Crippen LogP contribution in [0.2, 0.25) is 0 Å². The lowest BCUT2D eigenvalue weighted by Crippen LogP contribution is -2.31. The Morgan fingerprint density at radius 1 is 1.35 bits per heavy atom. The van der Waals surface area contributed by atoms with Gasteiger partial charge in [0.05, 0.1) is 0 Å². The summed E-state index contributed by atoms with van der Waals surface area (Å²) in [6.45, 7) is 3.92. The number of nitrogens with zero attached hydrogens (tertiary/aromatic N) is 4. The number of hydrogen-bond acceptors (Lipinski definition) is 4. The maximum Gasteiger partial charge on any atom is 0.251 e. The van der Waals surface area contributed by atoms with E-state index in [0.717, 1.165) is 18.8 Å². The van der Waals surface area contributed by atoms with Crippen molar-refractivity contribution in [2.45, 2.75) is 13.3 Å². The molecular weight excluding hydrogens is 294 g/mol. The zero-order chi connectivity index (χ0) is 16.2. The van der Waals surface area contributed by atoms with Crippen LogP contribution in [0, 0.1) is 5.92 Å². The molecule has 7 heteroatoms. The molecule has 1 saturated heterocycles. The summed E-state index contributed by atoms with van der Waals surface area (Å²) in [7, 11) is 0. The molecule has 0 unspecified atom stereocenters. The van der Waals surface area contributed by atoms with Gasteiger partial charge in [0.25, 0.3) is 5.91 Å². The van der Waals surface area contributed by atoms with Gasteiger partial charge in [0.1, 0.15) is 12.7 Å². The SMILES string of the molecule is CCN1C[C@H](CNC(=O)c2cccc(-n3cnnc3)c2)CC1=O. The van der Waals surface area contributed by atoms with Gasteiger partial charge in [-0.15, -0.1) is 10.2 Å². The Labute approximate surface area is 134 Å². The first-order valence-corrected chi connectivity index (χ1v) is 7.68. The van der Waals surface area contributed by atoms with Crippen LogP contribution in [0.5, 0.6) is 0 Å². The van der Waals surface area contributed by atoms with Crippen molar-refractivity contribution in [3.8, 4) is 5.69 Å². The summed E-state index contributed by atoms with van der Waals surface area (Å²) < 4.78 is 1.74. The largest absolute Gasteiger partial charge is 0.352 e. The lowest BCUT2D eigenvalue weighted by Gasteiger charge is -2.14. The Balaban J connectivity index is 1.61. The van der Waals surface area contributed by atoms with Crippen LogP contribution in [0.1, 0.15) is 23.7 Å². The highest BCUT2D eigenvalue weighted by Gasteiger charge is 2.28. The smallest absolute Gasteiger partial charge is 0.251 e. The minimum Gasteiger partial charge on any atom is -0.352 e. The standard InChI is InChI=1S/C16H19N5O2/c1-2-20-9-12(6-15(20)22)8-17-16(23)13-4-3-5-14(7-13)21-10-18-19-11-21/h3-5,7,10-12H,2,6,8-9H2,1H3,(H,17,23)/t12-/m0/s1. The lowest BCUT2D eigenvalue weighted by atomic mass is 10.1. The highest BCUT2D eigenvalue weighted by atomic mass is 16.2. The fourth-order valence-corrected chi connectivity index (χ4v) is 2.78. The van der Waals surface area contributed by atoms with Gasteiger partial charge in [-0.05, 0) is 25.1 Å². The van der Waals surface area contributed by atoms with E-state index in [1.54, 1.807) is 29.4 Å². The second kappa shape index (κ2) is 6.60. The number of carbonyl (C=O) groups is 2. The van der Waals surface area contributed by atoms with Crippen LogP contribution in [-0.2, 0) is 4.79 Å². The number of aromatic nitrogens is 3. The summed E-state index contributed by atoms with van der Waals surface area (Å²) in [5.74, 6) is 0.219. The average Bonchev–Trinajstić information content (AvgIpc) is 3.22. The predicted octanol–water partition coefficient (Wildman–Crippen LogP) is 0.865. The molecule has 0 bridgehead atoms. The van der Waals surface area contributed by atoms with Crippen molar-refractivity contribution in [3.63, 3.8) is 0 Å². The van der Waals surface area contributed by atoms with Crippen LogP contribution in [0.15, 0.2) is 36.9 Å². The second-order valence-electron chi connectivity index (χ2n) is 5.63. The monoisotopic (exact) mass is 313 g/mol. The van der Waals surface area contributed by atoms with Gasteiger partial charge in [0, 0.05) is 43.2 Å². The molecular formula is C16H19N5O2. The van der Waals surface area contributed by atoms with Crippen molar-refractivity contribution in [1.29, 1.82) is 0 Å². The van der Waals surface area contributed by atoms with Crippen molar-refractivity contribution in [2.24, 2.45) is 5.92 Å². The molecule has 1 aliphatic rings. The van der Waals surface area contributed by atoms with Crippen LogP contribution in [-0.4, -0.2) is 51.1 Å². The van der Waals surface area contributed by atoms with Crippen LogP contribution in [0.25, 0.3) is 5.69 Å². The summed E-state index contributed by atoms with van der Waals surface area (Å²) in [5.41, 5.74) is 1.41. The molecule has 1 aromatic carbocycles. The van der Waals surface area contributed by atoms with E-state index in [4.69, 9.17) is 0 Å². The molecule has 2 aromatic rings. The number of nitrogens with one attached hydrogen (secondary N) is 1. The van der Waals surface area contributed by atoms with E-state index in [0.29, 0.717) is 18.5 Å². The maximum atomic E-state index is 12.3. The zero-order valence-corrected chi connectivity index (χ0v) is 13.0. The topological polar surface area (TPSA) is 80.1 Å². The third kappa shape index (κ3) is 3.39. The van der Waals surface area contributed by atoms with Crippen molar-refractivity contribution in [1.82, 2.24) is 25.0 Å². The Morgan fingerprint density at radius 3 is 2.83 bits per heavy atom. The number of likely N-dealkylation sites (tertiary alicyclic amines) is 1. The highest BCUT2D eigenvalue weighted by molar-refractivity contribution is 5.94. The fourth-order valence-electron chi connectivity index (χ4n) is 2.78. The fraction of sp³-hybridized carbons (Fsp3) is 0.375. The van der Waals surface area contributed by atoms with E-state index in [2.05, 4.69) is 15.5 Å². The van der Waals surface area contributed by atoms with Gasteiger partial charge in [-0.3, -0.25) is 14.2 Å². The van der Waals surface area contributed by atoms with E-state index >= 15 is 0 Å². The van der Waals surface area contributed by atoms with Crippen molar-refractivity contribution >= 4 is 11.8 Å². The molecule has 0 saturated carbocycles. The van der Waals surface area contributed by atoms with Gasteiger partial charge in [-0.2, -0.15) is 0 Å². The molecule has 23 heavy (non-hydrogen) atoms. The van der Waals surface area contributed by atoms with Gasteiger partial charge in [0.2, 0.25) is 5.91 Å². The Hall–Kier alpha value is -2.70. The van der Waals surface area contributed by atoms with E-state index < -0.39 is 0 Å². The first kappa shape index (κ1) is 15.2. The molecule has 0 radical (unpaired) electrons. The predicted molar refractivity (Wildman–Crippen MR) is 84.1 cm³/mol. The molecule has 120 valence electrons. The molecule has 7 nitrogen and oxygen atoms in total. The molecule has 1 aliphatic heterocycles. The summed E-state index contributed by atoms with van der Waals surface area (Å²) in [6.07, 6.45) is 3.68. The van der Waals surface area contributed by atoms with Gasteiger partial charge in [-0.1, -0.05) is 6.07 Å². The van der Waals surface area contributed by atoms with Crippen LogP contribution < -0.4 is 5.32 Å². The molecule has 1 fully saturated rings.